The monoisotopic (exact) mass is 343 g/mol. The molecule has 1 N–H and O–H groups in total. The number of hydrogen-bond acceptors (Lipinski definition) is 4. The molecule has 1 aromatic rings. The van der Waals surface area contributed by atoms with E-state index in [0.29, 0.717) is 38.8 Å². The van der Waals surface area contributed by atoms with Gasteiger partial charge in [0.25, 0.3) is 5.91 Å². The van der Waals surface area contributed by atoms with Gasteiger partial charge >= 0.3 is 0 Å². The summed E-state index contributed by atoms with van der Waals surface area (Å²) in [6.45, 7) is 4.54. The van der Waals surface area contributed by atoms with Crippen LogP contribution in [0.4, 0.5) is 0 Å². The van der Waals surface area contributed by atoms with E-state index in [4.69, 9.17) is 4.74 Å². The molecular formula is C19H25N3O3. The molecule has 3 aliphatic rings. The number of amides is 2. The van der Waals surface area contributed by atoms with Gasteiger partial charge in [0.05, 0.1) is 25.3 Å². The summed E-state index contributed by atoms with van der Waals surface area (Å²) in [5.41, 5.74) is 1.81. The fourth-order valence-electron chi connectivity index (χ4n) is 4.12. The number of hydrogen-bond donors (Lipinski definition) is 1. The number of benzene rings is 1. The highest BCUT2D eigenvalue weighted by atomic mass is 16.5. The number of nitrogens with one attached hydrogen (secondary N) is 1. The molecule has 25 heavy (non-hydrogen) atoms. The zero-order valence-corrected chi connectivity index (χ0v) is 14.4. The third-order valence-electron chi connectivity index (χ3n) is 5.51. The molecule has 6 nitrogen and oxygen atoms in total. The zero-order valence-electron chi connectivity index (χ0n) is 14.4. The predicted octanol–water partition coefficient (Wildman–Crippen LogP) is 1.01. The maximum Gasteiger partial charge on any atom is 0.254 e. The quantitative estimate of drug-likeness (QED) is 0.867. The first-order valence-corrected chi connectivity index (χ1v) is 9.21. The van der Waals surface area contributed by atoms with Crippen LogP contribution in [0, 0.1) is 0 Å². The number of carbonyl (C=O) groups excluding carboxylic acids is 2. The Balaban J connectivity index is 1.28. The van der Waals surface area contributed by atoms with Crippen LogP contribution in [0.1, 0.15) is 35.2 Å². The molecule has 1 aromatic carbocycles. The first-order chi connectivity index (χ1) is 12.2. The second-order valence-corrected chi connectivity index (χ2v) is 7.16. The van der Waals surface area contributed by atoms with Crippen molar-refractivity contribution in [1.82, 2.24) is 15.1 Å². The van der Waals surface area contributed by atoms with Gasteiger partial charge in [-0.2, -0.15) is 0 Å². The van der Waals surface area contributed by atoms with Crippen molar-refractivity contribution in [2.45, 2.75) is 37.9 Å². The number of ether oxygens (including phenoxy) is 1. The lowest BCUT2D eigenvalue weighted by Gasteiger charge is -2.28. The molecule has 0 unspecified atom stereocenters. The van der Waals surface area contributed by atoms with Gasteiger partial charge in [-0.25, -0.2) is 0 Å². The van der Waals surface area contributed by atoms with E-state index in [1.807, 2.05) is 24.3 Å². The van der Waals surface area contributed by atoms with Gasteiger partial charge in [0, 0.05) is 25.1 Å². The summed E-state index contributed by atoms with van der Waals surface area (Å²) in [7, 11) is 0. The Morgan fingerprint density at radius 2 is 2.00 bits per heavy atom. The summed E-state index contributed by atoms with van der Waals surface area (Å²) in [6.07, 6.45) is 2.80. The van der Waals surface area contributed by atoms with Gasteiger partial charge in [-0.15, -0.1) is 0 Å². The second kappa shape index (κ2) is 7.14. The van der Waals surface area contributed by atoms with Crippen LogP contribution in [0.5, 0.6) is 0 Å². The van der Waals surface area contributed by atoms with Crippen LogP contribution in [-0.4, -0.2) is 66.5 Å². The van der Waals surface area contributed by atoms with Crippen molar-refractivity contribution < 1.29 is 14.3 Å². The minimum Gasteiger partial charge on any atom is -0.378 e. The third-order valence-corrected chi connectivity index (χ3v) is 5.51. The van der Waals surface area contributed by atoms with E-state index in [0.717, 1.165) is 24.2 Å². The summed E-state index contributed by atoms with van der Waals surface area (Å²) < 4.78 is 5.60. The van der Waals surface area contributed by atoms with Gasteiger partial charge in [0.15, 0.2) is 0 Å². The molecule has 0 saturated carbocycles. The van der Waals surface area contributed by atoms with Crippen LogP contribution in [0.3, 0.4) is 0 Å². The average molecular weight is 343 g/mol. The van der Waals surface area contributed by atoms with Crippen LogP contribution in [0.25, 0.3) is 0 Å². The molecule has 3 heterocycles. The SMILES string of the molecule is O=C(CCN1Cc2ccccc2C1=O)N[C@@H]1COC[C@H]1N1CCCC1. The summed E-state index contributed by atoms with van der Waals surface area (Å²) in [5, 5.41) is 3.12. The molecule has 3 aliphatic heterocycles. The molecule has 0 spiro atoms. The summed E-state index contributed by atoms with van der Waals surface area (Å²) in [5.74, 6) is 0.0333. The lowest BCUT2D eigenvalue weighted by Crippen LogP contribution is -2.50. The van der Waals surface area contributed by atoms with E-state index in [2.05, 4.69) is 10.2 Å². The van der Waals surface area contributed by atoms with E-state index in [-0.39, 0.29) is 17.9 Å². The van der Waals surface area contributed by atoms with Gasteiger partial charge in [-0.1, -0.05) is 18.2 Å². The predicted molar refractivity (Wildman–Crippen MR) is 93.1 cm³/mol. The van der Waals surface area contributed by atoms with Crippen molar-refractivity contribution in [2.24, 2.45) is 0 Å². The Morgan fingerprint density at radius 1 is 1.20 bits per heavy atom. The Bertz CT molecular complexity index is 657. The Hall–Kier alpha value is -1.92. The van der Waals surface area contributed by atoms with E-state index < -0.39 is 0 Å². The molecule has 2 amide bonds. The molecule has 0 aliphatic carbocycles. The molecular weight excluding hydrogens is 318 g/mol. The zero-order chi connectivity index (χ0) is 17.2. The van der Waals surface area contributed by atoms with Crippen LogP contribution in [-0.2, 0) is 16.1 Å². The van der Waals surface area contributed by atoms with Gasteiger partial charge < -0.3 is 15.0 Å². The molecule has 2 fully saturated rings. The van der Waals surface area contributed by atoms with Crippen LogP contribution in [0.2, 0.25) is 0 Å². The van der Waals surface area contributed by atoms with E-state index in [1.54, 1.807) is 4.90 Å². The van der Waals surface area contributed by atoms with Crippen molar-refractivity contribution in [3.8, 4) is 0 Å². The minimum atomic E-state index is 0.00320. The largest absolute Gasteiger partial charge is 0.378 e. The van der Waals surface area contributed by atoms with Gasteiger partial charge in [-0.3, -0.25) is 14.5 Å². The standard InChI is InChI=1S/C19H25N3O3/c23-18(20-16-12-25-13-17(16)21-8-3-4-9-21)7-10-22-11-14-5-1-2-6-15(14)19(22)24/h1-2,5-6,16-17H,3-4,7-13H2,(H,20,23)/t16-,17-/m1/s1. The van der Waals surface area contributed by atoms with Crippen molar-refractivity contribution in [2.75, 3.05) is 32.8 Å². The highest BCUT2D eigenvalue weighted by Crippen LogP contribution is 2.22. The lowest BCUT2D eigenvalue weighted by molar-refractivity contribution is -0.122. The first kappa shape index (κ1) is 16.5. The number of fused-ring (bicyclic) bond motifs is 1. The van der Waals surface area contributed by atoms with Crippen LogP contribution < -0.4 is 5.32 Å². The van der Waals surface area contributed by atoms with Crippen LogP contribution >= 0.6 is 0 Å². The summed E-state index contributed by atoms with van der Waals surface area (Å²) in [6, 6.07) is 8.02. The van der Waals surface area contributed by atoms with Gasteiger partial charge in [0.1, 0.15) is 0 Å². The van der Waals surface area contributed by atoms with Gasteiger partial charge in [0.2, 0.25) is 5.91 Å². The normalized spacial score (nSPS) is 26.2. The summed E-state index contributed by atoms with van der Waals surface area (Å²) >= 11 is 0. The van der Waals surface area contributed by atoms with Gasteiger partial charge in [-0.05, 0) is 37.6 Å². The maximum atomic E-state index is 12.4. The minimum absolute atomic E-state index is 0.00320. The number of nitrogens with zero attached hydrogens (tertiary/aromatic N) is 2. The Kier molecular flexibility index (Phi) is 4.72. The lowest BCUT2D eigenvalue weighted by atomic mass is 10.1. The van der Waals surface area contributed by atoms with Crippen molar-refractivity contribution in [1.29, 1.82) is 0 Å². The molecule has 0 aromatic heterocycles. The number of carbonyl (C=O) groups is 2. The average Bonchev–Trinajstić information content (AvgIpc) is 3.34. The molecule has 0 radical (unpaired) electrons. The van der Waals surface area contributed by atoms with Crippen molar-refractivity contribution in [3.05, 3.63) is 35.4 Å². The van der Waals surface area contributed by atoms with E-state index in [9.17, 15) is 9.59 Å². The van der Waals surface area contributed by atoms with E-state index in [1.165, 1.54) is 12.8 Å². The molecule has 0 bridgehead atoms. The molecule has 2 saturated heterocycles. The fraction of sp³-hybridized carbons (Fsp3) is 0.579. The molecule has 4 rings (SSSR count). The molecule has 2 atom stereocenters. The highest BCUT2D eigenvalue weighted by Gasteiger charge is 2.35. The fourth-order valence-corrected chi connectivity index (χ4v) is 4.12. The second-order valence-electron chi connectivity index (χ2n) is 7.16. The Labute approximate surface area is 148 Å². The third kappa shape index (κ3) is 3.41. The smallest absolute Gasteiger partial charge is 0.254 e. The summed E-state index contributed by atoms with van der Waals surface area (Å²) in [4.78, 5) is 28.9. The van der Waals surface area contributed by atoms with E-state index >= 15 is 0 Å². The molecule has 134 valence electrons. The van der Waals surface area contributed by atoms with Crippen molar-refractivity contribution >= 4 is 11.8 Å². The Morgan fingerprint density at radius 3 is 2.80 bits per heavy atom. The maximum absolute atomic E-state index is 12.4. The van der Waals surface area contributed by atoms with Crippen molar-refractivity contribution in [3.63, 3.8) is 0 Å². The first-order valence-electron chi connectivity index (χ1n) is 9.21. The number of likely N-dealkylation sites (tertiary alicyclic amines) is 1. The molecule has 6 heteroatoms. The topological polar surface area (TPSA) is 61.9 Å². The van der Waals surface area contributed by atoms with Crippen LogP contribution in [0.15, 0.2) is 24.3 Å². The highest BCUT2D eigenvalue weighted by molar-refractivity contribution is 5.98. The number of rotatable bonds is 5.